The molecule has 1 fully saturated rings. The number of nitrogens with one attached hydrogen (secondary N) is 2. The van der Waals surface area contributed by atoms with Gasteiger partial charge in [-0.2, -0.15) is 0 Å². The quantitative estimate of drug-likeness (QED) is 0.869. The number of pyridine rings is 1. The molecule has 0 atom stereocenters. The van der Waals surface area contributed by atoms with Gasteiger partial charge < -0.3 is 15.5 Å². The molecule has 7 heteroatoms. The zero-order valence-electron chi connectivity index (χ0n) is 14.9. The van der Waals surface area contributed by atoms with Gasteiger partial charge in [0.25, 0.3) is 0 Å². The van der Waals surface area contributed by atoms with E-state index in [1.54, 1.807) is 18.7 Å². The first-order chi connectivity index (χ1) is 12.0. The molecule has 0 radical (unpaired) electrons. The number of rotatable bonds is 5. The summed E-state index contributed by atoms with van der Waals surface area (Å²) in [6, 6.07) is 3.75. The predicted molar refractivity (Wildman–Crippen MR) is 96.4 cm³/mol. The van der Waals surface area contributed by atoms with Crippen LogP contribution in [0.25, 0.3) is 5.82 Å². The van der Waals surface area contributed by atoms with Crippen molar-refractivity contribution in [2.45, 2.75) is 26.3 Å². The number of hydrogen-bond acceptors (Lipinski definition) is 4. The van der Waals surface area contributed by atoms with Crippen molar-refractivity contribution in [1.29, 1.82) is 0 Å². The Morgan fingerprint density at radius 1 is 1.28 bits per heavy atom. The Balaban J connectivity index is 1.43. The molecule has 0 saturated carbocycles. The second kappa shape index (κ2) is 7.65. The van der Waals surface area contributed by atoms with Crippen LogP contribution in [0, 0.1) is 5.41 Å². The Hall–Kier alpha value is -2.41. The molecule has 3 heterocycles. The highest BCUT2D eigenvalue weighted by Crippen LogP contribution is 2.29. The highest BCUT2D eigenvalue weighted by atomic mass is 16.2. The second-order valence-electron chi connectivity index (χ2n) is 7.14. The van der Waals surface area contributed by atoms with Crippen LogP contribution in [-0.2, 0) is 6.54 Å². The largest absolute Gasteiger partial charge is 0.338 e. The van der Waals surface area contributed by atoms with Gasteiger partial charge >= 0.3 is 6.03 Å². The summed E-state index contributed by atoms with van der Waals surface area (Å²) in [6.45, 7) is 5.61. The van der Waals surface area contributed by atoms with Gasteiger partial charge in [0, 0.05) is 31.7 Å². The van der Waals surface area contributed by atoms with Crippen molar-refractivity contribution in [2.24, 2.45) is 5.41 Å². The van der Waals surface area contributed by atoms with Gasteiger partial charge in [0.1, 0.15) is 12.1 Å². The summed E-state index contributed by atoms with van der Waals surface area (Å²) in [7, 11) is 2.14. The predicted octanol–water partition coefficient (Wildman–Crippen LogP) is 1.80. The molecule has 25 heavy (non-hydrogen) atoms. The van der Waals surface area contributed by atoms with Gasteiger partial charge in [-0.1, -0.05) is 13.0 Å². The van der Waals surface area contributed by atoms with E-state index in [2.05, 4.69) is 39.5 Å². The summed E-state index contributed by atoms with van der Waals surface area (Å²) < 4.78 is 1.84. The number of likely N-dealkylation sites (tertiary alicyclic amines) is 1. The smallest absolute Gasteiger partial charge is 0.315 e. The fourth-order valence-corrected chi connectivity index (χ4v) is 2.94. The van der Waals surface area contributed by atoms with Gasteiger partial charge in [-0.05, 0) is 50.0 Å². The third-order valence-electron chi connectivity index (χ3n) is 4.90. The minimum atomic E-state index is -0.126. The highest BCUT2D eigenvalue weighted by molar-refractivity contribution is 5.73. The number of urea groups is 1. The number of aromatic nitrogens is 3. The molecule has 3 rings (SSSR count). The van der Waals surface area contributed by atoms with Crippen molar-refractivity contribution in [3.05, 3.63) is 42.6 Å². The average molecular weight is 342 g/mol. The topological polar surface area (TPSA) is 75.1 Å². The third kappa shape index (κ3) is 4.79. The van der Waals surface area contributed by atoms with Gasteiger partial charge in [-0.15, -0.1) is 0 Å². The Morgan fingerprint density at radius 2 is 2.08 bits per heavy atom. The van der Waals surface area contributed by atoms with Gasteiger partial charge in [-0.25, -0.2) is 14.8 Å². The molecule has 0 bridgehead atoms. The summed E-state index contributed by atoms with van der Waals surface area (Å²) in [4.78, 5) is 22.8. The molecule has 134 valence electrons. The Bertz CT molecular complexity index is 674. The molecule has 1 aliphatic heterocycles. The van der Waals surface area contributed by atoms with Crippen molar-refractivity contribution in [3.63, 3.8) is 0 Å². The summed E-state index contributed by atoms with van der Waals surface area (Å²) in [5.41, 5.74) is 1.15. The van der Waals surface area contributed by atoms with Crippen LogP contribution in [0.15, 0.2) is 37.1 Å². The van der Waals surface area contributed by atoms with E-state index in [9.17, 15) is 4.79 Å². The van der Waals surface area contributed by atoms with E-state index < -0.39 is 0 Å². The molecule has 0 aromatic carbocycles. The van der Waals surface area contributed by atoms with Crippen LogP contribution >= 0.6 is 0 Å². The molecule has 2 N–H and O–H groups in total. The average Bonchev–Trinajstić information content (AvgIpc) is 3.16. The molecule has 1 saturated heterocycles. The SMILES string of the molecule is CN1CCC(C)(CNC(=O)NCc2ccc(-n3ccnc3)nc2)CC1. The Morgan fingerprint density at radius 3 is 2.72 bits per heavy atom. The first-order valence-electron chi connectivity index (χ1n) is 8.68. The maximum atomic E-state index is 12.1. The normalized spacial score (nSPS) is 17.2. The van der Waals surface area contributed by atoms with E-state index in [1.165, 1.54) is 0 Å². The third-order valence-corrected chi connectivity index (χ3v) is 4.90. The lowest BCUT2D eigenvalue weighted by atomic mass is 9.80. The molecular formula is C18H26N6O. The van der Waals surface area contributed by atoms with E-state index in [0.717, 1.165) is 37.3 Å². The second-order valence-corrected chi connectivity index (χ2v) is 7.14. The van der Waals surface area contributed by atoms with Gasteiger partial charge in [0.15, 0.2) is 0 Å². The van der Waals surface area contributed by atoms with Crippen LogP contribution in [0.2, 0.25) is 0 Å². The minimum absolute atomic E-state index is 0.126. The zero-order chi connectivity index (χ0) is 17.7. The van der Waals surface area contributed by atoms with E-state index >= 15 is 0 Å². The number of piperidine rings is 1. The standard InChI is InChI=1S/C18H26N6O/c1-18(5-8-23(2)9-6-18)13-22-17(25)21-12-15-3-4-16(20-11-15)24-10-7-19-14-24/h3-4,7,10-11,14H,5-6,8-9,12-13H2,1-2H3,(H2,21,22,25). The van der Waals surface area contributed by atoms with Crippen LogP contribution in [0.3, 0.4) is 0 Å². The summed E-state index contributed by atoms with van der Waals surface area (Å²) >= 11 is 0. The molecule has 0 spiro atoms. The van der Waals surface area contributed by atoms with Gasteiger partial charge in [0.2, 0.25) is 0 Å². The lowest BCUT2D eigenvalue weighted by Gasteiger charge is -2.37. The number of nitrogens with zero attached hydrogens (tertiary/aromatic N) is 4. The van der Waals surface area contributed by atoms with Crippen molar-refractivity contribution in [2.75, 3.05) is 26.7 Å². The van der Waals surface area contributed by atoms with Crippen molar-refractivity contribution in [3.8, 4) is 5.82 Å². The van der Waals surface area contributed by atoms with Crippen LogP contribution in [0.5, 0.6) is 0 Å². The minimum Gasteiger partial charge on any atom is -0.338 e. The van der Waals surface area contributed by atoms with Crippen LogP contribution < -0.4 is 10.6 Å². The van der Waals surface area contributed by atoms with Crippen molar-refractivity contribution >= 4 is 6.03 Å². The van der Waals surface area contributed by atoms with Crippen molar-refractivity contribution < 1.29 is 4.79 Å². The van der Waals surface area contributed by atoms with E-state index in [-0.39, 0.29) is 11.4 Å². The maximum Gasteiger partial charge on any atom is 0.315 e. The van der Waals surface area contributed by atoms with Gasteiger partial charge in [-0.3, -0.25) is 4.57 Å². The molecule has 0 unspecified atom stereocenters. The lowest BCUT2D eigenvalue weighted by molar-refractivity contribution is 0.138. The highest BCUT2D eigenvalue weighted by Gasteiger charge is 2.29. The van der Waals surface area contributed by atoms with Gasteiger partial charge in [0.05, 0.1) is 0 Å². The number of imidazole rings is 1. The molecule has 2 aromatic heterocycles. The van der Waals surface area contributed by atoms with Crippen molar-refractivity contribution in [1.82, 2.24) is 30.1 Å². The number of carbonyl (C=O) groups excluding carboxylic acids is 1. The summed E-state index contributed by atoms with van der Waals surface area (Å²) in [5, 5.41) is 5.91. The van der Waals surface area contributed by atoms with Crippen LogP contribution in [0.4, 0.5) is 4.79 Å². The molecule has 0 aliphatic carbocycles. The van der Waals surface area contributed by atoms with E-state index in [1.807, 2.05) is 22.9 Å². The Kier molecular flexibility index (Phi) is 5.33. The number of hydrogen-bond donors (Lipinski definition) is 2. The summed E-state index contributed by atoms with van der Waals surface area (Å²) in [6.07, 6.45) is 9.27. The first-order valence-corrected chi connectivity index (χ1v) is 8.68. The zero-order valence-corrected chi connectivity index (χ0v) is 14.9. The first kappa shape index (κ1) is 17.4. The Labute approximate surface area is 148 Å². The molecule has 2 amide bonds. The van der Waals surface area contributed by atoms with E-state index in [4.69, 9.17) is 0 Å². The molecular weight excluding hydrogens is 316 g/mol. The molecule has 2 aromatic rings. The fraction of sp³-hybridized carbons (Fsp3) is 0.500. The number of carbonyl (C=O) groups is 1. The monoisotopic (exact) mass is 342 g/mol. The fourth-order valence-electron chi connectivity index (χ4n) is 2.94. The lowest BCUT2D eigenvalue weighted by Crippen LogP contribution is -2.45. The van der Waals surface area contributed by atoms with E-state index in [0.29, 0.717) is 13.1 Å². The summed E-state index contributed by atoms with van der Waals surface area (Å²) in [5.74, 6) is 0.806. The van der Waals surface area contributed by atoms with Crippen LogP contribution in [-0.4, -0.2) is 52.1 Å². The molecule has 1 aliphatic rings. The van der Waals surface area contributed by atoms with Crippen LogP contribution in [0.1, 0.15) is 25.3 Å². The maximum absolute atomic E-state index is 12.1. The molecule has 7 nitrogen and oxygen atoms in total. The number of amides is 2.